The first-order valence-electron chi connectivity index (χ1n) is 7.95. The lowest BCUT2D eigenvalue weighted by atomic mass is 9.94. The molecule has 2 heterocycles. The maximum Gasteiger partial charge on any atom is 0.162 e. The third-order valence-corrected chi connectivity index (χ3v) is 4.61. The van der Waals surface area contributed by atoms with Gasteiger partial charge in [-0.15, -0.1) is 0 Å². The molecule has 0 bridgehead atoms. The second-order valence-corrected chi connectivity index (χ2v) is 6.17. The first kappa shape index (κ1) is 13.8. The summed E-state index contributed by atoms with van der Waals surface area (Å²) in [6.07, 6.45) is 9.34. The van der Waals surface area contributed by atoms with Crippen molar-refractivity contribution in [1.82, 2.24) is 9.97 Å². The molecule has 1 N–H and O–H groups in total. The van der Waals surface area contributed by atoms with Gasteiger partial charge in [0, 0.05) is 24.9 Å². The van der Waals surface area contributed by atoms with E-state index in [1.165, 1.54) is 36.9 Å². The van der Waals surface area contributed by atoms with Crippen molar-refractivity contribution in [3.8, 4) is 0 Å². The maximum atomic E-state index is 6.02. The Kier molecular flexibility index (Phi) is 3.92. The van der Waals surface area contributed by atoms with E-state index in [9.17, 15) is 0 Å². The Bertz CT molecular complexity index is 481. The lowest BCUT2D eigenvalue weighted by molar-refractivity contribution is -0.0761. The number of aryl methyl sites for hydroxylation is 1. The largest absolute Gasteiger partial charge is 0.373 e. The van der Waals surface area contributed by atoms with E-state index in [1.807, 2.05) is 7.05 Å². The summed E-state index contributed by atoms with van der Waals surface area (Å²) in [6, 6.07) is 0. The van der Waals surface area contributed by atoms with Crippen molar-refractivity contribution in [2.24, 2.45) is 0 Å². The van der Waals surface area contributed by atoms with Gasteiger partial charge in [-0.2, -0.15) is 0 Å². The predicted octanol–water partition coefficient (Wildman–Crippen LogP) is 3.20. The lowest BCUT2D eigenvalue weighted by Gasteiger charge is -2.33. The molecule has 4 heteroatoms. The van der Waals surface area contributed by atoms with Crippen LogP contribution in [0.15, 0.2) is 0 Å². The highest BCUT2D eigenvalue weighted by Crippen LogP contribution is 2.35. The van der Waals surface area contributed by atoms with Crippen LogP contribution in [0, 0.1) is 0 Å². The van der Waals surface area contributed by atoms with Crippen molar-refractivity contribution in [3.63, 3.8) is 0 Å². The van der Waals surface area contributed by atoms with Gasteiger partial charge in [0.1, 0.15) is 11.4 Å². The Morgan fingerprint density at radius 1 is 1.05 bits per heavy atom. The Morgan fingerprint density at radius 3 is 2.65 bits per heavy atom. The number of rotatable bonds is 2. The minimum absolute atomic E-state index is 0.300. The average Bonchev–Trinajstić information content (AvgIpc) is 2.72. The van der Waals surface area contributed by atoms with Crippen LogP contribution in [0.5, 0.6) is 0 Å². The zero-order chi connectivity index (χ0) is 14.0. The zero-order valence-electron chi connectivity index (χ0n) is 12.7. The normalized spacial score (nSPS) is 26.7. The summed E-state index contributed by atoms with van der Waals surface area (Å²) in [6.45, 7) is 2.97. The molecule has 20 heavy (non-hydrogen) atoms. The van der Waals surface area contributed by atoms with Crippen LogP contribution in [0.25, 0.3) is 0 Å². The number of hydrogen-bond donors (Lipinski definition) is 1. The zero-order valence-corrected chi connectivity index (χ0v) is 12.7. The van der Waals surface area contributed by atoms with Gasteiger partial charge >= 0.3 is 0 Å². The fourth-order valence-electron chi connectivity index (χ4n) is 3.32. The smallest absolute Gasteiger partial charge is 0.162 e. The van der Waals surface area contributed by atoms with Crippen LogP contribution >= 0.6 is 0 Å². The van der Waals surface area contributed by atoms with Crippen LogP contribution < -0.4 is 5.32 Å². The van der Waals surface area contributed by atoms with Gasteiger partial charge in [0.2, 0.25) is 0 Å². The summed E-state index contributed by atoms with van der Waals surface area (Å²) in [5.41, 5.74) is 2.27. The topological polar surface area (TPSA) is 47.0 Å². The molecule has 1 aromatic heterocycles. The SMILES string of the molecule is CNc1nc(C2(C)CCCCO2)nc2c1CCCCC2. The van der Waals surface area contributed by atoms with E-state index >= 15 is 0 Å². The molecular formula is C16H25N3O. The monoisotopic (exact) mass is 275 g/mol. The fourth-order valence-corrected chi connectivity index (χ4v) is 3.32. The molecule has 0 aromatic carbocycles. The molecule has 4 nitrogen and oxygen atoms in total. The Morgan fingerprint density at radius 2 is 1.90 bits per heavy atom. The van der Waals surface area contributed by atoms with Crippen LogP contribution in [0.2, 0.25) is 0 Å². The molecule has 110 valence electrons. The van der Waals surface area contributed by atoms with E-state index in [-0.39, 0.29) is 5.60 Å². The number of anilines is 1. The minimum Gasteiger partial charge on any atom is -0.373 e. The van der Waals surface area contributed by atoms with Crippen LogP contribution in [-0.2, 0) is 23.2 Å². The van der Waals surface area contributed by atoms with Crippen molar-refractivity contribution in [2.75, 3.05) is 19.0 Å². The summed E-state index contributed by atoms with van der Waals surface area (Å²) in [5.74, 6) is 1.89. The molecule has 1 aliphatic heterocycles. The minimum atomic E-state index is -0.300. The summed E-state index contributed by atoms with van der Waals surface area (Å²) in [7, 11) is 1.96. The van der Waals surface area contributed by atoms with Crippen molar-refractivity contribution >= 4 is 5.82 Å². The molecule has 1 aliphatic carbocycles. The quantitative estimate of drug-likeness (QED) is 0.842. The number of ether oxygens (including phenoxy) is 1. The number of hydrogen-bond acceptors (Lipinski definition) is 4. The van der Waals surface area contributed by atoms with E-state index in [0.717, 1.165) is 43.9 Å². The molecular weight excluding hydrogens is 250 g/mol. The Hall–Kier alpha value is -1.16. The molecule has 0 spiro atoms. The van der Waals surface area contributed by atoms with Crippen LogP contribution in [0.3, 0.4) is 0 Å². The van der Waals surface area contributed by atoms with E-state index in [1.54, 1.807) is 0 Å². The van der Waals surface area contributed by atoms with Gasteiger partial charge in [0.25, 0.3) is 0 Å². The molecule has 1 saturated heterocycles. The highest BCUT2D eigenvalue weighted by Gasteiger charge is 2.34. The second kappa shape index (κ2) is 5.68. The molecule has 3 rings (SSSR count). The van der Waals surface area contributed by atoms with Gasteiger partial charge in [0.05, 0.1) is 0 Å². The molecule has 0 amide bonds. The number of fused-ring (bicyclic) bond motifs is 1. The standard InChI is InChI=1S/C16H25N3O/c1-16(10-6-7-11-20-16)15-18-13-9-5-3-4-8-12(13)14(17-2)19-15/h3-11H2,1-2H3,(H,17,18,19). The van der Waals surface area contributed by atoms with Gasteiger partial charge in [0.15, 0.2) is 5.82 Å². The first-order chi connectivity index (χ1) is 9.73. The molecule has 2 aliphatic rings. The summed E-state index contributed by atoms with van der Waals surface area (Å²) >= 11 is 0. The van der Waals surface area contributed by atoms with Crippen LogP contribution in [0.4, 0.5) is 5.82 Å². The van der Waals surface area contributed by atoms with Gasteiger partial charge < -0.3 is 10.1 Å². The highest BCUT2D eigenvalue weighted by molar-refractivity contribution is 5.47. The lowest BCUT2D eigenvalue weighted by Crippen LogP contribution is -2.33. The third kappa shape index (κ3) is 2.53. The van der Waals surface area contributed by atoms with Crippen molar-refractivity contribution < 1.29 is 4.74 Å². The average molecular weight is 275 g/mol. The van der Waals surface area contributed by atoms with Gasteiger partial charge in [-0.1, -0.05) is 6.42 Å². The first-order valence-corrected chi connectivity index (χ1v) is 7.95. The van der Waals surface area contributed by atoms with Gasteiger partial charge in [-0.05, 0) is 51.9 Å². The van der Waals surface area contributed by atoms with E-state index in [4.69, 9.17) is 14.7 Å². The van der Waals surface area contributed by atoms with E-state index in [0.29, 0.717) is 0 Å². The Balaban J connectivity index is 2.01. The second-order valence-electron chi connectivity index (χ2n) is 6.17. The molecule has 1 aromatic rings. The van der Waals surface area contributed by atoms with Crippen molar-refractivity contribution in [1.29, 1.82) is 0 Å². The molecule has 1 unspecified atom stereocenters. The summed E-state index contributed by atoms with van der Waals surface area (Å²) in [4.78, 5) is 9.70. The molecule has 0 saturated carbocycles. The van der Waals surface area contributed by atoms with E-state index < -0.39 is 0 Å². The summed E-state index contributed by atoms with van der Waals surface area (Å²) < 4.78 is 6.02. The van der Waals surface area contributed by atoms with Crippen molar-refractivity contribution in [2.45, 2.75) is 63.9 Å². The number of nitrogens with zero attached hydrogens (tertiary/aromatic N) is 2. The fraction of sp³-hybridized carbons (Fsp3) is 0.750. The molecule has 1 atom stereocenters. The van der Waals surface area contributed by atoms with Crippen LogP contribution in [-0.4, -0.2) is 23.6 Å². The molecule has 0 radical (unpaired) electrons. The van der Waals surface area contributed by atoms with Crippen LogP contribution in [0.1, 0.15) is 62.5 Å². The van der Waals surface area contributed by atoms with Gasteiger partial charge in [-0.3, -0.25) is 0 Å². The molecule has 1 fully saturated rings. The Labute approximate surface area is 121 Å². The van der Waals surface area contributed by atoms with Crippen molar-refractivity contribution in [3.05, 3.63) is 17.1 Å². The number of nitrogens with one attached hydrogen (secondary N) is 1. The maximum absolute atomic E-state index is 6.02. The van der Waals surface area contributed by atoms with E-state index in [2.05, 4.69) is 12.2 Å². The predicted molar refractivity (Wildman–Crippen MR) is 80.0 cm³/mol. The van der Waals surface area contributed by atoms with Gasteiger partial charge in [-0.25, -0.2) is 9.97 Å². The summed E-state index contributed by atoms with van der Waals surface area (Å²) in [5, 5.41) is 3.27. The number of aromatic nitrogens is 2. The highest BCUT2D eigenvalue weighted by atomic mass is 16.5. The third-order valence-electron chi connectivity index (χ3n) is 4.61.